The smallest absolute Gasteiger partial charge is 0.335 e. The summed E-state index contributed by atoms with van der Waals surface area (Å²) in [5.41, 5.74) is -1.32. The lowest BCUT2D eigenvalue weighted by molar-refractivity contribution is -0.141. The molecule has 0 saturated carbocycles. The predicted octanol–water partition coefficient (Wildman–Crippen LogP) is 1.86. The zero-order chi connectivity index (χ0) is 21.0. The monoisotopic (exact) mass is 417 g/mol. The Bertz CT molecular complexity index is 995. The number of fused-ring (bicyclic) bond motifs is 1. The zero-order valence-electron chi connectivity index (χ0n) is 15.0. The van der Waals surface area contributed by atoms with Crippen molar-refractivity contribution in [2.45, 2.75) is 43.9 Å². The number of aryl methyl sites for hydroxylation is 1. The van der Waals surface area contributed by atoms with E-state index in [9.17, 15) is 31.5 Å². The van der Waals surface area contributed by atoms with Crippen molar-refractivity contribution in [3.05, 3.63) is 45.9 Å². The molecule has 1 atom stereocenters. The number of carbonyl (C=O) groups is 1. The summed E-state index contributed by atoms with van der Waals surface area (Å²) in [6.07, 6.45) is -3.34. The number of aromatic nitrogens is 4. The van der Waals surface area contributed by atoms with Gasteiger partial charge >= 0.3 is 11.9 Å². The van der Waals surface area contributed by atoms with Crippen molar-refractivity contribution < 1.29 is 26.7 Å². The molecule has 4 rings (SSSR count). The zero-order valence-corrected chi connectivity index (χ0v) is 15.0. The van der Waals surface area contributed by atoms with Crippen LogP contribution >= 0.6 is 0 Å². The molecule has 29 heavy (non-hydrogen) atoms. The molecule has 2 aromatic rings. The number of amides is 1. The average Bonchev–Trinajstić information content (AvgIpc) is 3.30. The van der Waals surface area contributed by atoms with Crippen molar-refractivity contribution >= 4 is 5.91 Å². The van der Waals surface area contributed by atoms with Crippen LogP contribution in [0.4, 0.5) is 22.0 Å². The fraction of sp³-hybridized carbons (Fsp3) is 0.529. The molecule has 7 nitrogen and oxygen atoms in total. The van der Waals surface area contributed by atoms with E-state index in [1.54, 1.807) is 0 Å². The normalized spacial score (nSPS) is 20.9. The predicted molar refractivity (Wildman–Crippen MR) is 88.3 cm³/mol. The number of likely N-dealkylation sites (tertiary alicyclic amines) is 1. The van der Waals surface area contributed by atoms with Gasteiger partial charge in [-0.2, -0.15) is 18.3 Å². The third-order valence-corrected chi connectivity index (χ3v) is 5.11. The van der Waals surface area contributed by atoms with Crippen LogP contribution in [-0.2, 0) is 23.9 Å². The van der Waals surface area contributed by atoms with Gasteiger partial charge in [0.2, 0.25) is 5.91 Å². The number of alkyl halides is 5. The van der Waals surface area contributed by atoms with Crippen molar-refractivity contribution in [3.8, 4) is 0 Å². The Labute approximate surface area is 160 Å². The van der Waals surface area contributed by atoms with Gasteiger partial charge in [-0.25, -0.2) is 18.3 Å². The molecule has 2 aliphatic heterocycles. The summed E-state index contributed by atoms with van der Waals surface area (Å²) in [4.78, 5) is 29.7. The first-order valence-corrected chi connectivity index (χ1v) is 8.92. The van der Waals surface area contributed by atoms with Crippen molar-refractivity contribution in [2.75, 3.05) is 13.1 Å². The second kappa shape index (κ2) is 6.63. The Hall–Kier alpha value is -2.79. The molecule has 4 heterocycles. The lowest BCUT2D eigenvalue weighted by Gasteiger charge is -2.20. The maximum Gasteiger partial charge on any atom is 0.433 e. The van der Waals surface area contributed by atoms with E-state index in [0.29, 0.717) is 24.2 Å². The average molecular weight is 417 g/mol. The van der Waals surface area contributed by atoms with Crippen LogP contribution in [0.1, 0.15) is 36.0 Å². The van der Waals surface area contributed by atoms with Crippen LogP contribution in [0.5, 0.6) is 0 Å². The summed E-state index contributed by atoms with van der Waals surface area (Å²) in [7, 11) is 0. The number of hydrogen-bond donors (Lipinski definition) is 0. The quantitative estimate of drug-likeness (QED) is 0.715. The largest absolute Gasteiger partial charge is 0.433 e. The van der Waals surface area contributed by atoms with Crippen LogP contribution in [0.15, 0.2) is 23.1 Å². The van der Waals surface area contributed by atoms with Crippen LogP contribution in [0, 0.1) is 0 Å². The molecule has 0 aliphatic carbocycles. The number of nitrogens with zero attached hydrogens (tertiary/aromatic N) is 5. The van der Waals surface area contributed by atoms with Crippen LogP contribution < -0.4 is 5.69 Å². The van der Waals surface area contributed by atoms with Crippen LogP contribution in [0.25, 0.3) is 0 Å². The molecular formula is C17H16F5N5O2. The van der Waals surface area contributed by atoms with Gasteiger partial charge in [-0.1, -0.05) is 6.07 Å². The Morgan fingerprint density at radius 2 is 2.03 bits per heavy atom. The summed E-state index contributed by atoms with van der Waals surface area (Å²) in [6.45, 7) is -0.859. The number of rotatable bonds is 3. The first-order chi connectivity index (χ1) is 13.5. The van der Waals surface area contributed by atoms with Gasteiger partial charge in [0.05, 0.1) is 13.1 Å². The molecule has 2 aromatic heterocycles. The number of carbonyl (C=O) groups excluding carboxylic acids is 1. The Morgan fingerprint density at radius 1 is 1.28 bits per heavy atom. The molecule has 2 aliphatic rings. The van der Waals surface area contributed by atoms with Crippen molar-refractivity contribution in [3.63, 3.8) is 0 Å². The second-order valence-electron chi connectivity index (χ2n) is 7.20. The van der Waals surface area contributed by atoms with Gasteiger partial charge < -0.3 is 4.90 Å². The van der Waals surface area contributed by atoms with E-state index >= 15 is 0 Å². The molecule has 12 heteroatoms. The third-order valence-electron chi connectivity index (χ3n) is 5.11. The van der Waals surface area contributed by atoms with E-state index in [0.717, 1.165) is 21.8 Å². The van der Waals surface area contributed by atoms with Gasteiger partial charge in [-0.3, -0.25) is 14.3 Å². The van der Waals surface area contributed by atoms with E-state index in [1.165, 1.54) is 10.6 Å². The van der Waals surface area contributed by atoms with Crippen LogP contribution in [0.2, 0.25) is 0 Å². The summed E-state index contributed by atoms with van der Waals surface area (Å²) < 4.78 is 66.8. The minimum Gasteiger partial charge on any atom is -0.335 e. The molecule has 0 bridgehead atoms. The van der Waals surface area contributed by atoms with Gasteiger partial charge in [-0.15, -0.1) is 0 Å². The lowest BCUT2D eigenvalue weighted by atomic mass is 10.2. The van der Waals surface area contributed by atoms with Gasteiger partial charge in [-0.05, 0) is 18.1 Å². The summed E-state index contributed by atoms with van der Waals surface area (Å²) in [6, 6.07) is 1.11. The van der Waals surface area contributed by atoms with Gasteiger partial charge in [0.25, 0.3) is 5.92 Å². The van der Waals surface area contributed by atoms with Gasteiger partial charge in [0.1, 0.15) is 17.6 Å². The van der Waals surface area contributed by atoms with Gasteiger partial charge in [0.15, 0.2) is 0 Å². The third kappa shape index (κ3) is 3.62. The maximum atomic E-state index is 13.4. The number of hydrogen-bond acceptors (Lipinski definition) is 4. The topological polar surface area (TPSA) is 73.0 Å². The first kappa shape index (κ1) is 19.5. The standard InChI is InChI=1S/C17H16F5N5O2/c18-16(19)5-6-25(9-16)14(28)11-2-4-13-24-26(15(29)27(11)13)8-10-1-3-12(23-7-10)17(20,21)22/h1,3,7,11H,2,4-6,8-9H2/t11-/m1/s1. The van der Waals surface area contributed by atoms with Crippen molar-refractivity contribution in [2.24, 2.45) is 0 Å². The van der Waals surface area contributed by atoms with Crippen molar-refractivity contribution in [1.82, 2.24) is 24.2 Å². The lowest BCUT2D eigenvalue weighted by Crippen LogP contribution is -2.39. The Kier molecular flexibility index (Phi) is 4.46. The summed E-state index contributed by atoms with van der Waals surface area (Å²) in [5.74, 6) is -3.13. The second-order valence-corrected chi connectivity index (χ2v) is 7.20. The van der Waals surface area contributed by atoms with Crippen LogP contribution in [0.3, 0.4) is 0 Å². The van der Waals surface area contributed by atoms with Crippen molar-refractivity contribution in [1.29, 1.82) is 0 Å². The highest BCUT2D eigenvalue weighted by Gasteiger charge is 2.44. The fourth-order valence-corrected chi connectivity index (χ4v) is 3.67. The Balaban J connectivity index is 1.54. The first-order valence-electron chi connectivity index (χ1n) is 8.92. The highest BCUT2D eigenvalue weighted by molar-refractivity contribution is 5.81. The van der Waals surface area contributed by atoms with E-state index in [-0.39, 0.29) is 13.1 Å². The fourth-order valence-electron chi connectivity index (χ4n) is 3.67. The highest BCUT2D eigenvalue weighted by atomic mass is 19.4. The number of halogens is 5. The molecule has 156 valence electrons. The maximum absolute atomic E-state index is 13.4. The van der Waals surface area contributed by atoms with E-state index < -0.39 is 48.4 Å². The molecule has 0 N–H and O–H groups in total. The van der Waals surface area contributed by atoms with Crippen LogP contribution in [-0.4, -0.2) is 49.2 Å². The summed E-state index contributed by atoms with van der Waals surface area (Å²) >= 11 is 0. The van der Waals surface area contributed by atoms with E-state index in [1.807, 2.05) is 0 Å². The molecule has 0 aromatic carbocycles. The minimum atomic E-state index is -4.56. The molecule has 1 fully saturated rings. The SMILES string of the molecule is O=C([C@H]1CCc2nn(Cc3ccc(C(F)(F)F)nc3)c(=O)n21)N1CCC(F)(F)C1. The minimum absolute atomic E-state index is 0.0716. The van der Waals surface area contributed by atoms with Gasteiger partial charge in [0, 0.05) is 25.6 Å². The molecule has 1 amide bonds. The van der Waals surface area contributed by atoms with E-state index in [2.05, 4.69) is 10.1 Å². The molecule has 0 unspecified atom stereocenters. The highest BCUT2D eigenvalue weighted by Crippen LogP contribution is 2.31. The molecule has 1 saturated heterocycles. The molecule has 0 radical (unpaired) electrons. The number of pyridine rings is 1. The molecular weight excluding hydrogens is 401 g/mol. The van der Waals surface area contributed by atoms with E-state index in [4.69, 9.17) is 0 Å². The molecule has 0 spiro atoms. The summed E-state index contributed by atoms with van der Waals surface area (Å²) in [5, 5.41) is 4.14. The Morgan fingerprint density at radius 3 is 2.62 bits per heavy atom.